The Bertz CT molecular complexity index is 372. The van der Waals surface area contributed by atoms with Gasteiger partial charge in [-0.3, -0.25) is 0 Å². The van der Waals surface area contributed by atoms with Crippen molar-refractivity contribution in [3.05, 3.63) is 17.5 Å². The summed E-state index contributed by atoms with van der Waals surface area (Å²) < 4.78 is 0. The molecule has 0 spiro atoms. The lowest BCUT2D eigenvalue weighted by Gasteiger charge is -2.16. The number of nitriles is 1. The van der Waals surface area contributed by atoms with Crippen molar-refractivity contribution in [3.63, 3.8) is 0 Å². The lowest BCUT2D eigenvalue weighted by Crippen LogP contribution is -2.23. The van der Waals surface area contributed by atoms with Crippen LogP contribution >= 0.6 is 11.8 Å². The Morgan fingerprint density at radius 2 is 2.27 bits per heavy atom. The maximum atomic E-state index is 8.78. The molecular weight excluding hydrogens is 208 g/mol. The Balaban J connectivity index is 2.84. The van der Waals surface area contributed by atoms with Crippen molar-refractivity contribution in [2.45, 2.75) is 6.92 Å². The summed E-state index contributed by atoms with van der Waals surface area (Å²) in [4.78, 5) is 10.4. The Morgan fingerprint density at radius 1 is 1.53 bits per heavy atom. The zero-order valence-electron chi connectivity index (χ0n) is 9.19. The SMILES string of the molecule is CSCCN(C)c1nc(C)cc(C#N)n1. The lowest BCUT2D eigenvalue weighted by molar-refractivity contribution is 0.894. The van der Waals surface area contributed by atoms with Gasteiger partial charge in [-0.2, -0.15) is 17.0 Å². The number of aryl methyl sites for hydroxylation is 1. The third-order valence-corrected chi connectivity index (χ3v) is 2.52. The molecule has 0 bridgehead atoms. The maximum absolute atomic E-state index is 8.78. The molecule has 0 N–H and O–H groups in total. The van der Waals surface area contributed by atoms with E-state index < -0.39 is 0 Å². The molecule has 0 aromatic carbocycles. The van der Waals surface area contributed by atoms with E-state index in [1.165, 1.54) is 0 Å². The van der Waals surface area contributed by atoms with Gasteiger partial charge in [-0.05, 0) is 19.2 Å². The van der Waals surface area contributed by atoms with Crippen LogP contribution in [0.4, 0.5) is 5.95 Å². The van der Waals surface area contributed by atoms with Gasteiger partial charge >= 0.3 is 0 Å². The molecule has 1 rings (SSSR count). The van der Waals surface area contributed by atoms with Gasteiger partial charge in [-0.25, -0.2) is 9.97 Å². The molecule has 1 aromatic heterocycles. The van der Waals surface area contributed by atoms with Crippen LogP contribution < -0.4 is 4.90 Å². The first kappa shape index (κ1) is 11.8. The van der Waals surface area contributed by atoms with E-state index in [2.05, 4.69) is 16.2 Å². The monoisotopic (exact) mass is 222 g/mol. The van der Waals surface area contributed by atoms with E-state index in [1.807, 2.05) is 24.9 Å². The molecule has 1 aromatic rings. The summed E-state index contributed by atoms with van der Waals surface area (Å²) in [6.07, 6.45) is 2.06. The number of aromatic nitrogens is 2. The second kappa shape index (κ2) is 5.56. The van der Waals surface area contributed by atoms with Crippen LogP contribution in [-0.4, -0.2) is 35.6 Å². The summed E-state index contributed by atoms with van der Waals surface area (Å²) in [5, 5.41) is 8.78. The molecule has 80 valence electrons. The van der Waals surface area contributed by atoms with Crippen molar-refractivity contribution in [3.8, 4) is 6.07 Å². The molecule has 4 nitrogen and oxygen atoms in total. The van der Waals surface area contributed by atoms with Gasteiger partial charge in [-0.15, -0.1) is 0 Å². The minimum atomic E-state index is 0.425. The van der Waals surface area contributed by atoms with E-state index in [0.717, 1.165) is 18.0 Å². The van der Waals surface area contributed by atoms with Crippen molar-refractivity contribution < 1.29 is 0 Å². The van der Waals surface area contributed by atoms with Gasteiger partial charge in [-0.1, -0.05) is 0 Å². The van der Waals surface area contributed by atoms with Crippen LogP contribution in [0, 0.1) is 18.3 Å². The summed E-state index contributed by atoms with van der Waals surface area (Å²) in [5.41, 5.74) is 1.25. The zero-order chi connectivity index (χ0) is 11.3. The molecule has 1 heterocycles. The standard InChI is InChI=1S/C10H14N4S/c1-8-6-9(7-11)13-10(12-8)14(2)4-5-15-3/h6H,4-5H2,1-3H3. The van der Waals surface area contributed by atoms with Gasteiger partial charge in [0, 0.05) is 25.0 Å². The van der Waals surface area contributed by atoms with Crippen LogP contribution in [0.2, 0.25) is 0 Å². The van der Waals surface area contributed by atoms with Crippen LogP contribution in [0.5, 0.6) is 0 Å². The fraction of sp³-hybridized carbons (Fsp3) is 0.500. The topological polar surface area (TPSA) is 52.8 Å². The summed E-state index contributed by atoms with van der Waals surface area (Å²) in [6.45, 7) is 2.75. The quantitative estimate of drug-likeness (QED) is 0.772. The molecule has 0 unspecified atom stereocenters. The molecule has 0 fully saturated rings. The molecule has 0 radical (unpaired) electrons. The van der Waals surface area contributed by atoms with Gasteiger partial charge in [0.1, 0.15) is 11.8 Å². The number of thioether (sulfide) groups is 1. The van der Waals surface area contributed by atoms with E-state index >= 15 is 0 Å². The lowest BCUT2D eigenvalue weighted by atomic mass is 10.3. The second-order valence-electron chi connectivity index (χ2n) is 3.22. The van der Waals surface area contributed by atoms with Crippen molar-refractivity contribution in [1.82, 2.24) is 9.97 Å². The Kier molecular flexibility index (Phi) is 4.37. The molecule has 15 heavy (non-hydrogen) atoms. The number of rotatable bonds is 4. The molecule has 0 aliphatic rings. The first-order valence-electron chi connectivity index (χ1n) is 4.63. The average Bonchev–Trinajstić information content (AvgIpc) is 2.24. The minimum absolute atomic E-state index is 0.425. The first-order chi connectivity index (χ1) is 7.17. The molecule has 0 atom stereocenters. The summed E-state index contributed by atoms with van der Waals surface area (Å²) in [6, 6.07) is 3.72. The predicted molar refractivity (Wildman–Crippen MR) is 63.1 cm³/mol. The molecule has 0 amide bonds. The third kappa shape index (κ3) is 3.40. The van der Waals surface area contributed by atoms with E-state index in [0.29, 0.717) is 11.6 Å². The number of hydrogen-bond acceptors (Lipinski definition) is 5. The van der Waals surface area contributed by atoms with Crippen molar-refractivity contribution >= 4 is 17.7 Å². The fourth-order valence-electron chi connectivity index (χ4n) is 1.11. The highest BCUT2D eigenvalue weighted by atomic mass is 32.2. The van der Waals surface area contributed by atoms with Gasteiger partial charge in [0.2, 0.25) is 5.95 Å². The van der Waals surface area contributed by atoms with E-state index in [9.17, 15) is 0 Å². The molecule has 0 saturated heterocycles. The van der Waals surface area contributed by atoms with Crippen molar-refractivity contribution in [2.75, 3.05) is 30.5 Å². The number of anilines is 1. The maximum Gasteiger partial charge on any atom is 0.226 e. The van der Waals surface area contributed by atoms with Gasteiger partial charge in [0.05, 0.1) is 0 Å². The molecule has 0 aliphatic carbocycles. The molecule has 5 heteroatoms. The Morgan fingerprint density at radius 3 is 2.87 bits per heavy atom. The van der Waals surface area contributed by atoms with Crippen LogP contribution in [0.3, 0.4) is 0 Å². The van der Waals surface area contributed by atoms with Crippen LogP contribution in [-0.2, 0) is 0 Å². The van der Waals surface area contributed by atoms with Gasteiger partial charge in [0.25, 0.3) is 0 Å². The van der Waals surface area contributed by atoms with Crippen LogP contribution in [0.25, 0.3) is 0 Å². The third-order valence-electron chi connectivity index (χ3n) is 1.93. The fourth-order valence-corrected chi connectivity index (χ4v) is 1.57. The summed E-state index contributed by atoms with van der Waals surface area (Å²) >= 11 is 1.78. The second-order valence-corrected chi connectivity index (χ2v) is 4.21. The number of hydrogen-bond donors (Lipinski definition) is 0. The van der Waals surface area contributed by atoms with E-state index in [-0.39, 0.29) is 0 Å². The summed E-state index contributed by atoms with van der Waals surface area (Å²) in [5.74, 6) is 1.65. The first-order valence-corrected chi connectivity index (χ1v) is 6.02. The highest BCUT2D eigenvalue weighted by molar-refractivity contribution is 7.98. The predicted octanol–water partition coefficient (Wildman–Crippen LogP) is 1.46. The van der Waals surface area contributed by atoms with E-state index in [1.54, 1.807) is 17.8 Å². The normalized spacial score (nSPS) is 9.73. The Hall–Kier alpha value is -1.28. The van der Waals surface area contributed by atoms with Crippen molar-refractivity contribution in [2.24, 2.45) is 0 Å². The highest BCUT2D eigenvalue weighted by Gasteiger charge is 2.06. The average molecular weight is 222 g/mol. The highest BCUT2D eigenvalue weighted by Crippen LogP contribution is 2.08. The van der Waals surface area contributed by atoms with Crippen LogP contribution in [0.1, 0.15) is 11.4 Å². The van der Waals surface area contributed by atoms with Crippen LogP contribution in [0.15, 0.2) is 6.07 Å². The van der Waals surface area contributed by atoms with Gasteiger partial charge < -0.3 is 4.90 Å². The minimum Gasteiger partial charge on any atom is -0.343 e. The molecule has 0 saturated carbocycles. The molecule has 0 aliphatic heterocycles. The van der Waals surface area contributed by atoms with Gasteiger partial charge in [0.15, 0.2) is 0 Å². The van der Waals surface area contributed by atoms with E-state index in [4.69, 9.17) is 5.26 Å². The smallest absolute Gasteiger partial charge is 0.226 e. The largest absolute Gasteiger partial charge is 0.343 e. The van der Waals surface area contributed by atoms with Crippen molar-refractivity contribution in [1.29, 1.82) is 5.26 Å². The zero-order valence-corrected chi connectivity index (χ0v) is 10.0. The number of nitrogens with zero attached hydrogens (tertiary/aromatic N) is 4. The Labute approximate surface area is 94.3 Å². The molecular formula is C10H14N4S. The summed E-state index contributed by atoms with van der Waals surface area (Å²) in [7, 11) is 1.94.